The van der Waals surface area contributed by atoms with Crippen molar-refractivity contribution in [3.8, 4) is 11.1 Å². The maximum Gasteiger partial charge on any atom is 0.247 e. The molecule has 148 valence electrons. The summed E-state index contributed by atoms with van der Waals surface area (Å²) in [6.07, 6.45) is 4.41. The summed E-state index contributed by atoms with van der Waals surface area (Å²) >= 11 is 5.97. The summed E-state index contributed by atoms with van der Waals surface area (Å²) in [7, 11) is 0. The van der Waals surface area contributed by atoms with Crippen LogP contribution >= 0.6 is 11.6 Å². The molecule has 0 atom stereocenters. The number of aryl methyl sites for hydroxylation is 1. The summed E-state index contributed by atoms with van der Waals surface area (Å²) in [6.45, 7) is 1.84. The molecule has 0 aliphatic heterocycles. The Morgan fingerprint density at radius 1 is 1.03 bits per heavy atom. The number of rotatable bonds is 5. The van der Waals surface area contributed by atoms with E-state index in [9.17, 15) is 0 Å². The van der Waals surface area contributed by atoms with Crippen LogP contribution in [0.5, 0.6) is 0 Å². The van der Waals surface area contributed by atoms with Gasteiger partial charge >= 0.3 is 0 Å². The highest BCUT2D eigenvalue weighted by atomic mass is 35.5. The summed E-state index contributed by atoms with van der Waals surface area (Å²) in [5.41, 5.74) is 3.94. The lowest BCUT2D eigenvalue weighted by Crippen LogP contribution is -1.97. The van der Waals surface area contributed by atoms with Gasteiger partial charge in [-0.15, -0.1) is 15.3 Å². The molecule has 2 N–H and O–H groups in total. The lowest BCUT2D eigenvalue weighted by molar-refractivity contribution is 0.935. The summed E-state index contributed by atoms with van der Waals surface area (Å²) < 4.78 is 1.99. The number of H-pyrrole nitrogens is 1. The zero-order chi connectivity index (χ0) is 20.5. The fraction of sp³-hybridized carbons (Fsp3) is 0.0952. The zero-order valence-electron chi connectivity index (χ0n) is 16.0. The highest BCUT2D eigenvalue weighted by molar-refractivity contribution is 6.30. The highest BCUT2D eigenvalue weighted by Crippen LogP contribution is 2.24. The molecule has 30 heavy (non-hydrogen) atoms. The van der Waals surface area contributed by atoms with Crippen molar-refractivity contribution >= 4 is 29.0 Å². The molecule has 0 saturated carbocycles. The Kier molecular flexibility index (Phi) is 4.61. The number of fused-ring (bicyclic) bond motifs is 1. The number of nitrogens with one attached hydrogen (secondary N) is 2. The Hall–Kier alpha value is -3.78. The fourth-order valence-corrected chi connectivity index (χ4v) is 3.34. The SMILES string of the molecule is Cc1nc(Nc2cc(-c3ccn4c(Cc5ccc(Cl)cc5)nnc4c3)ccn2)n[nH]1. The van der Waals surface area contributed by atoms with Crippen molar-refractivity contribution in [2.45, 2.75) is 13.3 Å². The molecule has 0 aliphatic rings. The molecule has 0 bridgehead atoms. The first-order valence-electron chi connectivity index (χ1n) is 9.35. The second kappa shape index (κ2) is 7.57. The van der Waals surface area contributed by atoms with Gasteiger partial charge in [0.25, 0.3) is 0 Å². The van der Waals surface area contributed by atoms with Gasteiger partial charge in [-0.3, -0.25) is 9.50 Å². The first-order chi connectivity index (χ1) is 14.6. The molecule has 0 fully saturated rings. The van der Waals surface area contributed by atoms with Crippen molar-refractivity contribution in [1.29, 1.82) is 0 Å². The van der Waals surface area contributed by atoms with Crippen LogP contribution in [0, 0.1) is 6.92 Å². The van der Waals surface area contributed by atoms with Gasteiger partial charge in [0.15, 0.2) is 5.65 Å². The third kappa shape index (κ3) is 3.72. The van der Waals surface area contributed by atoms with E-state index < -0.39 is 0 Å². The Balaban J connectivity index is 1.41. The molecular weight excluding hydrogens is 400 g/mol. The minimum absolute atomic E-state index is 0.483. The largest absolute Gasteiger partial charge is 0.307 e. The number of hydrogen-bond acceptors (Lipinski definition) is 6. The number of aromatic amines is 1. The van der Waals surface area contributed by atoms with E-state index in [4.69, 9.17) is 11.6 Å². The van der Waals surface area contributed by atoms with Gasteiger partial charge in [0.05, 0.1) is 0 Å². The van der Waals surface area contributed by atoms with Crippen LogP contribution in [0.3, 0.4) is 0 Å². The predicted molar refractivity (Wildman–Crippen MR) is 115 cm³/mol. The van der Waals surface area contributed by atoms with Gasteiger partial charge in [-0.05, 0) is 60.0 Å². The number of anilines is 2. The van der Waals surface area contributed by atoms with Crippen LogP contribution in [0.1, 0.15) is 17.2 Å². The fourth-order valence-electron chi connectivity index (χ4n) is 3.22. The van der Waals surface area contributed by atoms with Gasteiger partial charge in [-0.25, -0.2) is 4.98 Å². The van der Waals surface area contributed by atoms with Gasteiger partial charge < -0.3 is 5.32 Å². The maximum absolute atomic E-state index is 5.97. The van der Waals surface area contributed by atoms with Crippen LogP contribution in [-0.4, -0.2) is 34.8 Å². The zero-order valence-corrected chi connectivity index (χ0v) is 16.8. The third-order valence-electron chi connectivity index (χ3n) is 4.69. The van der Waals surface area contributed by atoms with Gasteiger partial charge in [0.1, 0.15) is 17.5 Å². The molecule has 0 spiro atoms. The van der Waals surface area contributed by atoms with E-state index in [-0.39, 0.29) is 0 Å². The van der Waals surface area contributed by atoms with Crippen LogP contribution in [0.4, 0.5) is 11.8 Å². The summed E-state index contributed by atoms with van der Waals surface area (Å²) in [4.78, 5) is 8.59. The molecule has 4 heterocycles. The van der Waals surface area contributed by atoms with E-state index in [1.165, 1.54) is 0 Å². The van der Waals surface area contributed by atoms with Crippen molar-refractivity contribution in [2.24, 2.45) is 0 Å². The topological polar surface area (TPSA) is 96.7 Å². The molecule has 0 aliphatic carbocycles. The van der Waals surface area contributed by atoms with Crippen molar-refractivity contribution in [3.05, 3.63) is 83.2 Å². The average Bonchev–Trinajstić information content (AvgIpc) is 3.35. The van der Waals surface area contributed by atoms with Gasteiger partial charge in [0, 0.05) is 23.8 Å². The smallest absolute Gasteiger partial charge is 0.247 e. The number of hydrogen-bond donors (Lipinski definition) is 2. The number of benzene rings is 1. The van der Waals surface area contributed by atoms with E-state index in [1.807, 2.05) is 66.1 Å². The number of pyridine rings is 2. The molecule has 9 heteroatoms. The lowest BCUT2D eigenvalue weighted by atomic mass is 10.1. The Bertz CT molecular complexity index is 1320. The Labute approximate surface area is 177 Å². The first kappa shape index (κ1) is 18.3. The minimum Gasteiger partial charge on any atom is -0.307 e. The highest BCUT2D eigenvalue weighted by Gasteiger charge is 2.09. The minimum atomic E-state index is 0.483. The van der Waals surface area contributed by atoms with Gasteiger partial charge in [0.2, 0.25) is 5.95 Å². The van der Waals surface area contributed by atoms with Crippen LogP contribution < -0.4 is 5.32 Å². The first-order valence-corrected chi connectivity index (χ1v) is 9.72. The maximum atomic E-state index is 5.97. The summed E-state index contributed by atoms with van der Waals surface area (Å²) in [5, 5.41) is 19.4. The normalized spacial score (nSPS) is 11.1. The number of halogens is 1. The molecular formula is C21H17ClN8. The molecule has 8 nitrogen and oxygen atoms in total. The molecule has 1 aromatic carbocycles. The predicted octanol–water partition coefficient (Wildman–Crippen LogP) is 4.21. The molecule has 4 aromatic heterocycles. The molecule has 0 radical (unpaired) electrons. The number of nitrogens with zero attached hydrogens (tertiary/aromatic N) is 6. The standard InChI is InChI=1S/C21H17ClN8/c1-13-24-21(29-26-13)25-18-11-15(6-8-23-18)16-7-9-30-19(27-28-20(30)12-16)10-14-2-4-17(22)5-3-14/h2-9,11-12H,10H2,1H3,(H2,23,24,25,26,29). The molecule has 5 rings (SSSR count). The summed E-state index contributed by atoms with van der Waals surface area (Å²) in [5.74, 6) is 2.75. The quantitative estimate of drug-likeness (QED) is 0.445. The Morgan fingerprint density at radius 2 is 1.87 bits per heavy atom. The van der Waals surface area contributed by atoms with Crippen LogP contribution in [0.25, 0.3) is 16.8 Å². The monoisotopic (exact) mass is 416 g/mol. The van der Waals surface area contributed by atoms with E-state index in [2.05, 4.69) is 35.7 Å². The van der Waals surface area contributed by atoms with Crippen molar-refractivity contribution in [2.75, 3.05) is 5.32 Å². The van der Waals surface area contributed by atoms with Crippen LogP contribution in [0.2, 0.25) is 5.02 Å². The number of aromatic nitrogens is 7. The Morgan fingerprint density at radius 3 is 2.67 bits per heavy atom. The van der Waals surface area contributed by atoms with Crippen LogP contribution in [0.15, 0.2) is 60.9 Å². The second-order valence-electron chi connectivity index (χ2n) is 6.86. The van der Waals surface area contributed by atoms with Crippen molar-refractivity contribution < 1.29 is 0 Å². The second-order valence-corrected chi connectivity index (χ2v) is 7.30. The molecule has 0 saturated heterocycles. The van der Waals surface area contributed by atoms with E-state index in [0.717, 1.165) is 39.0 Å². The lowest BCUT2D eigenvalue weighted by Gasteiger charge is -2.06. The molecule has 5 aromatic rings. The average molecular weight is 417 g/mol. The van der Waals surface area contributed by atoms with Crippen LogP contribution in [-0.2, 0) is 6.42 Å². The van der Waals surface area contributed by atoms with E-state index in [0.29, 0.717) is 18.2 Å². The van der Waals surface area contributed by atoms with Gasteiger partial charge in [-0.1, -0.05) is 23.7 Å². The summed E-state index contributed by atoms with van der Waals surface area (Å²) in [6, 6.07) is 15.7. The molecule has 0 unspecified atom stereocenters. The van der Waals surface area contributed by atoms with Crippen molar-refractivity contribution in [3.63, 3.8) is 0 Å². The van der Waals surface area contributed by atoms with Gasteiger partial charge in [-0.2, -0.15) is 4.98 Å². The molecule has 0 amide bonds. The van der Waals surface area contributed by atoms with Crippen molar-refractivity contribution in [1.82, 2.24) is 34.8 Å². The van der Waals surface area contributed by atoms with E-state index >= 15 is 0 Å². The van der Waals surface area contributed by atoms with E-state index in [1.54, 1.807) is 6.20 Å². The third-order valence-corrected chi connectivity index (χ3v) is 4.94.